The number of Topliss-reactive ketones (excluding diaryl/α,β-unsaturated/α-hetero) is 1. The van der Waals surface area contributed by atoms with E-state index < -0.39 is 0 Å². The Morgan fingerprint density at radius 2 is 1.67 bits per heavy atom. The highest BCUT2D eigenvalue weighted by molar-refractivity contribution is 6.02. The van der Waals surface area contributed by atoms with Gasteiger partial charge in [-0.1, -0.05) is 64.4 Å². The van der Waals surface area contributed by atoms with Gasteiger partial charge in [-0.3, -0.25) is 4.79 Å². The van der Waals surface area contributed by atoms with E-state index in [4.69, 9.17) is 0 Å². The fourth-order valence-electron chi connectivity index (χ4n) is 3.23. The molecular weight excluding hydrogens is 256 g/mol. The first kappa shape index (κ1) is 16.0. The van der Waals surface area contributed by atoms with Gasteiger partial charge in [0.05, 0.1) is 0 Å². The SMILES string of the molecule is Cc1ccc(/C=C2/C(=O)C(C)C(C)CC2C(C)(C)C)cc1. The van der Waals surface area contributed by atoms with E-state index in [2.05, 4.69) is 71.9 Å². The molecule has 3 unspecified atom stereocenters. The van der Waals surface area contributed by atoms with E-state index >= 15 is 0 Å². The summed E-state index contributed by atoms with van der Waals surface area (Å²) < 4.78 is 0. The standard InChI is InChI=1S/C20H28O/c1-13-7-9-16(10-8-13)12-17-18(20(4,5)6)11-14(2)15(3)19(17)21/h7-10,12,14-15,18H,11H2,1-6H3/b17-12+. The second-order valence-corrected chi connectivity index (χ2v) is 7.79. The highest BCUT2D eigenvalue weighted by Crippen LogP contribution is 2.44. The summed E-state index contributed by atoms with van der Waals surface area (Å²) in [4.78, 5) is 12.8. The molecule has 0 aromatic heterocycles. The first-order valence-corrected chi connectivity index (χ1v) is 8.02. The average molecular weight is 284 g/mol. The van der Waals surface area contributed by atoms with Crippen LogP contribution in [0.2, 0.25) is 0 Å². The minimum atomic E-state index is 0.126. The molecule has 0 aliphatic heterocycles. The van der Waals surface area contributed by atoms with E-state index in [9.17, 15) is 4.79 Å². The van der Waals surface area contributed by atoms with Crippen molar-refractivity contribution < 1.29 is 4.79 Å². The monoisotopic (exact) mass is 284 g/mol. The second kappa shape index (κ2) is 5.79. The first-order valence-electron chi connectivity index (χ1n) is 8.02. The highest BCUT2D eigenvalue weighted by Gasteiger charge is 2.40. The van der Waals surface area contributed by atoms with Gasteiger partial charge in [-0.05, 0) is 47.8 Å². The molecule has 1 aliphatic carbocycles. The molecule has 1 heteroatoms. The van der Waals surface area contributed by atoms with Crippen LogP contribution < -0.4 is 0 Å². The van der Waals surface area contributed by atoms with Crippen molar-refractivity contribution >= 4 is 11.9 Å². The van der Waals surface area contributed by atoms with Gasteiger partial charge in [-0.15, -0.1) is 0 Å². The zero-order chi connectivity index (χ0) is 15.8. The maximum Gasteiger partial charge on any atom is 0.162 e. The maximum absolute atomic E-state index is 12.8. The van der Waals surface area contributed by atoms with Crippen molar-refractivity contribution in [3.63, 3.8) is 0 Å². The molecule has 114 valence electrons. The van der Waals surface area contributed by atoms with Gasteiger partial charge in [0.15, 0.2) is 5.78 Å². The third-order valence-corrected chi connectivity index (χ3v) is 4.98. The van der Waals surface area contributed by atoms with Gasteiger partial charge < -0.3 is 0 Å². The lowest BCUT2D eigenvalue weighted by Gasteiger charge is -2.40. The molecule has 0 amide bonds. The number of allylic oxidation sites excluding steroid dienone is 1. The third kappa shape index (κ3) is 3.45. The van der Waals surface area contributed by atoms with E-state index in [-0.39, 0.29) is 11.3 Å². The molecular formula is C20H28O. The van der Waals surface area contributed by atoms with E-state index in [1.807, 2.05) is 0 Å². The van der Waals surface area contributed by atoms with Crippen LogP contribution in [-0.4, -0.2) is 5.78 Å². The lowest BCUT2D eigenvalue weighted by Crippen LogP contribution is -2.38. The fraction of sp³-hybridized carbons (Fsp3) is 0.550. The number of hydrogen-bond donors (Lipinski definition) is 0. The van der Waals surface area contributed by atoms with Crippen LogP contribution in [-0.2, 0) is 4.79 Å². The van der Waals surface area contributed by atoms with Crippen molar-refractivity contribution in [3.05, 3.63) is 41.0 Å². The molecule has 0 saturated heterocycles. The molecule has 0 radical (unpaired) electrons. The normalized spacial score (nSPS) is 29.0. The van der Waals surface area contributed by atoms with Crippen molar-refractivity contribution in [2.45, 2.75) is 48.0 Å². The molecule has 1 fully saturated rings. The Labute approximate surface area is 129 Å². The molecule has 0 spiro atoms. The molecule has 1 saturated carbocycles. The van der Waals surface area contributed by atoms with Crippen molar-refractivity contribution in [1.82, 2.24) is 0 Å². The Morgan fingerprint density at radius 1 is 1.10 bits per heavy atom. The summed E-state index contributed by atoms with van der Waals surface area (Å²) in [5.41, 5.74) is 3.54. The Hall–Kier alpha value is -1.37. The number of hydrogen-bond acceptors (Lipinski definition) is 1. The van der Waals surface area contributed by atoms with Gasteiger partial charge in [0.25, 0.3) is 0 Å². The van der Waals surface area contributed by atoms with E-state index in [0.717, 1.165) is 17.6 Å². The molecule has 1 aromatic rings. The average Bonchev–Trinajstić information content (AvgIpc) is 2.40. The number of carbonyl (C=O) groups is 1. The van der Waals surface area contributed by atoms with Gasteiger partial charge in [0.1, 0.15) is 0 Å². The second-order valence-electron chi connectivity index (χ2n) is 7.79. The van der Waals surface area contributed by atoms with Gasteiger partial charge >= 0.3 is 0 Å². The largest absolute Gasteiger partial charge is 0.294 e. The highest BCUT2D eigenvalue weighted by atomic mass is 16.1. The van der Waals surface area contributed by atoms with Crippen molar-refractivity contribution in [1.29, 1.82) is 0 Å². The molecule has 0 bridgehead atoms. The minimum absolute atomic E-state index is 0.126. The fourth-order valence-corrected chi connectivity index (χ4v) is 3.23. The van der Waals surface area contributed by atoms with Crippen molar-refractivity contribution in [2.75, 3.05) is 0 Å². The van der Waals surface area contributed by atoms with Crippen LogP contribution in [0.15, 0.2) is 29.8 Å². The first-order chi connectivity index (χ1) is 9.70. The zero-order valence-electron chi connectivity index (χ0n) is 14.2. The summed E-state index contributed by atoms with van der Waals surface area (Å²) in [5, 5.41) is 0. The van der Waals surface area contributed by atoms with Crippen LogP contribution in [0.25, 0.3) is 6.08 Å². The number of carbonyl (C=O) groups excluding carboxylic acids is 1. The number of aryl methyl sites for hydroxylation is 1. The summed E-state index contributed by atoms with van der Waals surface area (Å²) in [6.45, 7) is 13.1. The Kier molecular flexibility index (Phi) is 4.41. The van der Waals surface area contributed by atoms with Crippen molar-refractivity contribution in [2.24, 2.45) is 23.2 Å². The molecule has 3 atom stereocenters. The number of ketones is 1. The van der Waals surface area contributed by atoms with Gasteiger partial charge in [-0.2, -0.15) is 0 Å². The zero-order valence-corrected chi connectivity index (χ0v) is 14.2. The van der Waals surface area contributed by atoms with Crippen LogP contribution in [0.4, 0.5) is 0 Å². The Bertz CT molecular complexity index is 542. The van der Waals surface area contributed by atoms with E-state index in [1.165, 1.54) is 5.56 Å². The summed E-state index contributed by atoms with van der Waals surface area (Å²) in [6.07, 6.45) is 3.23. The van der Waals surface area contributed by atoms with Crippen LogP contribution in [0, 0.1) is 30.1 Å². The van der Waals surface area contributed by atoms with Crippen LogP contribution in [0.5, 0.6) is 0 Å². The van der Waals surface area contributed by atoms with E-state index in [0.29, 0.717) is 17.6 Å². The van der Waals surface area contributed by atoms with Crippen LogP contribution >= 0.6 is 0 Å². The van der Waals surface area contributed by atoms with Gasteiger partial charge in [0.2, 0.25) is 0 Å². The molecule has 21 heavy (non-hydrogen) atoms. The van der Waals surface area contributed by atoms with Crippen LogP contribution in [0.1, 0.15) is 52.2 Å². The van der Waals surface area contributed by atoms with E-state index in [1.54, 1.807) is 0 Å². The minimum Gasteiger partial charge on any atom is -0.294 e. The van der Waals surface area contributed by atoms with Gasteiger partial charge in [-0.25, -0.2) is 0 Å². The Morgan fingerprint density at radius 3 is 2.19 bits per heavy atom. The molecule has 2 rings (SSSR count). The molecule has 1 nitrogen and oxygen atoms in total. The van der Waals surface area contributed by atoms with Crippen molar-refractivity contribution in [3.8, 4) is 0 Å². The van der Waals surface area contributed by atoms with Gasteiger partial charge in [0, 0.05) is 5.92 Å². The lowest BCUT2D eigenvalue weighted by molar-refractivity contribution is -0.123. The predicted molar refractivity (Wildman–Crippen MR) is 90.1 cm³/mol. The Balaban J connectivity index is 2.44. The number of rotatable bonds is 1. The third-order valence-electron chi connectivity index (χ3n) is 4.98. The summed E-state index contributed by atoms with van der Waals surface area (Å²) in [6, 6.07) is 8.44. The van der Waals surface area contributed by atoms with Crippen LogP contribution in [0.3, 0.4) is 0 Å². The quantitative estimate of drug-likeness (QED) is 0.641. The lowest BCUT2D eigenvalue weighted by atomic mass is 9.63. The number of benzene rings is 1. The molecule has 1 aliphatic rings. The molecule has 0 N–H and O–H groups in total. The molecule has 0 heterocycles. The summed E-state index contributed by atoms with van der Waals surface area (Å²) in [5.74, 6) is 1.30. The maximum atomic E-state index is 12.8. The summed E-state index contributed by atoms with van der Waals surface area (Å²) >= 11 is 0. The smallest absolute Gasteiger partial charge is 0.162 e. The summed E-state index contributed by atoms with van der Waals surface area (Å²) in [7, 11) is 0. The topological polar surface area (TPSA) is 17.1 Å². The predicted octanol–water partition coefficient (Wildman–Crippen LogP) is 5.29. The molecule has 1 aromatic carbocycles.